The van der Waals surface area contributed by atoms with E-state index in [9.17, 15) is 35.1 Å². The average molecular weight is 639 g/mol. The van der Waals surface area contributed by atoms with Crippen LogP contribution in [0.15, 0.2) is 48.6 Å². The number of benzene rings is 1. The van der Waals surface area contributed by atoms with Crippen LogP contribution in [-0.2, 0) is 25.5 Å². The van der Waals surface area contributed by atoms with Gasteiger partial charge in [-0.15, -0.1) is 11.3 Å². The Bertz CT molecular complexity index is 1290. The van der Waals surface area contributed by atoms with Gasteiger partial charge in [0, 0.05) is 27.3 Å². The first-order valence-corrected chi connectivity index (χ1v) is 15.7. The molecule has 2 fully saturated rings. The van der Waals surface area contributed by atoms with Gasteiger partial charge in [-0.05, 0) is 50.5 Å². The smallest absolute Gasteiger partial charge is 0.303 e. The van der Waals surface area contributed by atoms with E-state index < -0.39 is 61.4 Å². The Balaban J connectivity index is 1.49. The van der Waals surface area contributed by atoms with E-state index in [2.05, 4.69) is 0 Å². The third-order valence-electron chi connectivity index (χ3n) is 8.01. The van der Waals surface area contributed by atoms with Gasteiger partial charge in [0.15, 0.2) is 12.1 Å². The number of hydrogen-bond acceptors (Lipinski definition) is 10. The second-order valence-electron chi connectivity index (χ2n) is 11.0. The number of hydrogen-bond donors (Lipinski definition) is 6. The van der Waals surface area contributed by atoms with Gasteiger partial charge < -0.3 is 40.1 Å². The van der Waals surface area contributed by atoms with Crippen LogP contribution in [0.1, 0.15) is 43.4 Å². The van der Waals surface area contributed by atoms with Crippen molar-refractivity contribution in [3.05, 3.63) is 58.5 Å². The topological polar surface area (TPSA) is 174 Å². The fourth-order valence-corrected chi connectivity index (χ4v) is 7.10. The zero-order valence-corrected chi connectivity index (χ0v) is 25.1. The minimum atomic E-state index is -1.59. The van der Waals surface area contributed by atoms with Crippen molar-refractivity contribution in [1.82, 2.24) is 0 Å². The van der Waals surface area contributed by atoms with E-state index in [0.717, 1.165) is 15.0 Å². The summed E-state index contributed by atoms with van der Waals surface area (Å²) in [4.78, 5) is 24.4. The van der Waals surface area contributed by atoms with E-state index in [1.807, 2.05) is 42.5 Å². The number of aryl methyl sites for hydroxylation is 1. The highest BCUT2D eigenvalue weighted by atomic mass is 35.5. The van der Waals surface area contributed by atoms with Crippen molar-refractivity contribution in [3.8, 4) is 0 Å². The molecule has 236 valence electrons. The highest BCUT2D eigenvalue weighted by Gasteiger charge is 2.45. The van der Waals surface area contributed by atoms with Gasteiger partial charge in [0.2, 0.25) is 0 Å². The Morgan fingerprint density at radius 1 is 1.14 bits per heavy atom. The highest BCUT2D eigenvalue weighted by molar-refractivity contribution is 7.19. The van der Waals surface area contributed by atoms with Gasteiger partial charge in [-0.1, -0.05) is 54.1 Å². The fourth-order valence-electron chi connectivity index (χ4n) is 5.56. The molecule has 4 rings (SSSR count). The van der Waals surface area contributed by atoms with Gasteiger partial charge in [-0.25, -0.2) is 0 Å². The highest BCUT2D eigenvalue weighted by Crippen LogP contribution is 2.37. The number of aliphatic hydroxyl groups is 5. The van der Waals surface area contributed by atoms with Gasteiger partial charge in [0.1, 0.15) is 30.5 Å². The van der Waals surface area contributed by atoms with Crippen LogP contribution < -0.4 is 0 Å². The quantitative estimate of drug-likeness (QED) is 0.133. The van der Waals surface area contributed by atoms with Crippen LogP contribution in [0.25, 0.3) is 10.1 Å². The van der Waals surface area contributed by atoms with Crippen LogP contribution in [-0.4, -0.2) is 91.9 Å². The lowest BCUT2D eigenvalue weighted by Crippen LogP contribution is -2.59. The number of thiophene rings is 1. The Labute approximate surface area is 258 Å². The van der Waals surface area contributed by atoms with E-state index in [0.29, 0.717) is 37.1 Å². The number of carboxylic acids is 1. The number of allylic oxidation sites excluding steroid dienone is 3. The summed E-state index contributed by atoms with van der Waals surface area (Å²) in [5.74, 6) is -1.87. The standard InChI is InChI=1S/C31H39ClO10S/c32-26-20-8-5-6-9-23(20)43-24(26)14-13-18(41-31-30(40)29(39)28(38)22(16-33)42-31)12-11-17-15-21(34)27(37)19(17)7-3-1-2-4-10-25(35)36/h1,3,5-6,8-9,11-12,17-19,21-22,28-31,33-34,38-40H,2,4,7,10,13-16H2,(H,35,36)/t17-,18?,19+,21?,22+,28+,29-,30+,31?/m0/s1. The van der Waals surface area contributed by atoms with Crippen molar-refractivity contribution in [2.45, 2.75) is 87.9 Å². The Morgan fingerprint density at radius 2 is 1.91 bits per heavy atom. The summed E-state index contributed by atoms with van der Waals surface area (Å²) in [6.07, 6.45) is 1.02. The molecule has 0 radical (unpaired) electrons. The minimum Gasteiger partial charge on any atom is -0.481 e. The van der Waals surface area contributed by atoms with Gasteiger partial charge in [-0.3, -0.25) is 9.59 Å². The number of fused-ring (bicyclic) bond motifs is 1. The summed E-state index contributed by atoms with van der Waals surface area (Å²) in [5.41, 5.74) is 0. The molecule has 2 heterocycles. The molecular formula is C31H39ClO10S. The second kappa shape index (κ2) is 15.7. The van der Waals surface area contributed by atoms with Gasteiger partial charge in [-0.2, -0.15) is 0 Å². The monoisotopic (exact) mass is 638 g/mol. The predicted octanol–water partition coefficient (Wildman–Crippen LogP) is 3.00. The molecule has 0 amide bonds. The summed E-state index contributed by atoms with van der Waals surface area (Å²) in [5, 5.41) is 61.3. The summed E-state index contributed by atoms with van der Waals surface area (Å²) in [6.45, 7) is -0.587. The van der Waals surface area contributed by atoms with Crippen LogP contribution in [0.2, 0.25) is 5.02 Å². The summed E-state index contributed by atoms with van der Waals surface area (Å²) < 4.78 is 12.7. The molecule has 1 aromatic heterocycles. The van der Waals surface area contributed by atoms with Crippen LogP contribution in [0.4, 0.5) is 0 Å². The Morgan fingerprint density at radius 3 is 2.63 bits per heavy atom. The van der Waals surface area contributed by atoms with Crippen molar-refractivity contribution in [1.29, 1.82) is 0 Å². The number of aliphatic hydroxyl groups excluding tert-OH is 5. The molecule has 1 aliphatic heterocycles. The number of unbranched alkanes of at least 4 members (excludes halogenated alkanes) is 1. The van der Waals surface area contributed by atoms with E-state index in [4.69, 9.17) is 26.2 Å². The summed E-state index contributed by atoms with van der Waals surface area (Å²) in [6, 6.07) is 7.78. The fraction of sp³-hybridized carbons (Fsp3) is 0.548. The van der Waals surface area contributed by atoms with E-state index >= 15 is 0 Å². The second-order valence-corrected chi connectivity index (χ2v) is 12.6. The molecule has 1 saturated heterocycles. The maximum Gasteiger partial charge on any atom is 0.303 e. The molecule has 6 N–H and O–H groups in total. The average Bonchev–Trinajstić information content (AvgIpc) is 3.46. The van der Waals surface area contributed by atoms with Crippen molar-refractivity contribution >= 4 is 44.8 Å². The molecule has 1 aliphatic carbocycles. The van der Waals surface area contributed by atoms with Gasteiger partial charge in [0.25, 0.3) is 0 Å². The normalized spacial score (nSPS) is 30.6. The first-order chi connectivity index (χ1) is 20.6. The zero-order chi connectivity index (χ0) is 31.1. The molecule has 43 heavy (non-hydrogen) atoms. The van der Waals surface area contributed by atoms with Crippen molar-refractivity contribution in [2.24, 2.45) is 11.8 Å². The molecule has 0 bridgehead atoms. The Kier molecular flexibility index (Phi) is 12.3. The minimum absolute atomic E-state index is 0.0688. The van der Waals surface area contributed by atoms with Crippen molar-refractivity contribution in [2.75, 3.05) is 6.61 Å². The van der Waals surface area contributed by atoms with Crippen LogP contribution in [0.3, 0.4) is 0 Å². The molecule has 9 atom stereocenters. The molecule has 2 aromatic rings. The lowest BCUT2D eigenvalue weighted by molar-refractivity contribution is -0.307. The lowest BCUT2D eigenvalue weighted by atomic mass is 9.91. The molecule has 10 nitrogen and oxygen atoms in total. The number of ketones is 1. The number of aliphatic carboxylic acids is 1. The largest absolute Gasteiger partial charge is 0.481 e. The molecule has 1 saturated carbocycles. The van der Waals surface area contributed by atoms with E-state index in [-0.39, 0.29) is 24.5 Å². The van der Waals surface area contributed by atoms with Crippen LogP contribution in [0, 0.1) is 11.8 Å². The van der Waals surface area contributed by atoms with Gasteiger partial charge in [0.05, 0.1) is 17.7 Å². The van der Waals surface area contributed by atoms with Crippen molar-refractivity contribution < 1.29 is 49.7 Å². The zero-order valence-electron chi connectivity index (χ0n) is 23.6. The molecule has 0 spiro atoms. The van der Waals surface area contributed by atoms with Crippen LogP contribution >= 0.6 is 22.9 Å². The van der Waals surface area contributed by atoms with Gasteiger partial charge >= 0.3 is 5.97 Å². The van der Waals surface area contributed by atoms with E-state index in [1.54, 1.807) is 17.4 Å². The predicted molar refractivity (Wildman–Crippen MR) is 161 cm³/mol. The lowest BCUT2D eigenvalue weighted by Gasteiger charge is -2.40. The molecule has 2 aliphatic rings. The first-order valence-electron chi connectivity index (χ1n) is 14.5. The number of rotatable bonds is 14. The number of carbonyl (C=O) groups excluding carboxylic acids is 1. The molecular weight excluding hydrogens is 600 g/mol. The van der Waals surface area contributed by atoms with E-state index in [1.165, 1.54) is 0 Å². The molecule has 3 unspecified atom stereocenters. The maximum absolute atomic E-state index is 12.7. The summed E-state index contributed by atoms with van der Waals surface area (Å²) in [7, 11) is 0. The third-order valence-corrected chi connectivity index (χ3v) is 9.79. The van der Waals surface area contributed by atoms with Crippen LogP contribution in [0.5, 0.6) is 0 Å². The SMILES string of the molecule is O=C(O)CCCC=CC[C@H]1C(=O)C(O)C[C@@H]1C=CC(CCc1sc2ccccc2c1Cl)OC1O[C@H](CO)[C@@H](O)[C@H](O)[C@H]1O. The summed E-state index contributed by atoms with van der Waals surface area (Å²) >= 11 is 8.22. The molecule has 12 heteroatoms. The number of carbonyl (C=O) groups is 2. The third kappa shape index (κ3) is 8.50. The number of Topliss-reactive ketones (excluding diaryl/α,β-unsaturated/α-hetero) is 1. The number of halogens is 1. The maximum atomic E-state index is 12.7. The molecule has 1 aromatic carbocycles. The number of carboxylic acid groups (broad SMARTS) is 1. The number of ether oxygens (including phenoxy) is 2. The first kappa shape index (κ1) is 33.7. The van der Waals surface area contributed by atoms with Crippen molar-refractivity contribution in [3.63, 3.8) is 0 Å². The Hall–Kier alpha value is -2.19.